The van der Waals surface area contributed by atoms with Gasteiger partial charge < -0.3 is 24.9 Å². The Bertz CT molecular complexity index is 1400. The van der Waals surface area contributed by atoms with E-state index in [4.69, 9.17) is 24.6 Å². The molecule has 0 atom stereocenters. The van der Waals surface area contributed by atoms with Gasteiger partial charge in [0.1, 0.15) is 11.5 Å². The summed E-state index contributed by atoms with van der Waals surface area (Å²) in [4.78, 5) is 20.5. The van der Waals surface area contributed by atoms with Crippen molar-refractivity contribution in [2.24, 2.45) is 11.7 Å². The number of aryl methyl sites for hydroxylation is 1. The number of pyridine rings is 1. The van der Waals surface area contributed by atoms with Crippen molar-refractivity contribution in [2.75, 3.05) is 39.2 Å². The Balaban J connectivity index is 1.30. The van der Waals surface area contributed by atoms with Gasteiger partial charge in [0.25, 0.3) is 5.91 Å². The third-order valence-corrected chi connectivity index (χ3v) is 7.96. The molecule has 0 aliphatic carbocycles. The molecule has 3 aromatic heterocycles. The first-order chi connectivity index (χ1) is 17.9. The molecule has 4 heterocycles. The standard InChI is InChI=1S/C28H32N4O4S/c1-17-4-6-24(36-17)23-13-21(20-12-25(34-2)26(35-3)14-22(20)31-23)30-15-18-8-10-32(11-9-18)16-19-5-7-27(37-19)28(29)33/h4-7,12-14,18H,8-11,15-16H2,1-3H3,(H2,29,33)(H,30,31). The Kier molecular flexibility index (Phi) is 7.34. The number of nitrogens with zero attached hydrogens (tertiary/aromatic N) is 2. The van der Waals surface area contributed by atoms with Gasteiger partial charge in [0.2, 0.25) is 0 Å². The number of fused-ring (bicyclic) bond motifs is 1. The number of likely N-dealkylation sites (tertiary alicyclic amines) is 1. The molecule has 1 aliphatic rings. The molecule has 9 heteroatoms. The number of rotatable bonds is 9. The monoisotopic (exact) mass is 520 g/mol. The van der Waals surface area contributed by atoms with E-state index in [1.54, 1.807) is 14.2 Å². The van der Waals surface area contributed by atoms with E-state index >= 15 is 0 Å². The number of carbonyl (C=O) groups excluding carboxylic acids is 1. The van der Waals surface area contributed by atoms with Crippen molar-refractivity contribution in [1.29, 1.82) is 0 Å². The number of benzene rings is 1. The molecule has 4 aromatic rings. The van der Waals surface area contributed by atoms with Crippen LogP contribution in [0, 0.1) is 12.8 Å². The van der Waals surface area contributed by atoms with Crippen LogP contribution < -0.4 is 20.5 Å². The van der Waals surface area contributed by atoms with Crippen LogP contribution in [-0.2, 0) is 6.54 Å². The highest BCUT2D eigenvalue weighted by Crippen LogP contribution is 2.37. The molecule has 1 amide bonds. The fraction of sp³-hybridized carbons (Fsp3) is 0.357. The highest BCUT2D eigenvalue weighted by molar-refractivity contribution is 7.14. The van der Waals surface area contributed by atoms with Crippen LogP contribution in [0.4, 0.5) is 5.69 Å². The third-order valence-electron chi connectivity index (χ3n) is 6.88. The average molecular weight is 521 g/mol. The van der Waals surface area contributed by atoms with Gasteiger partial charge in [0, 0.05) is 35.1 Å². The van der Waals surface area contributed by atoms with Crippen molar-refractivity contribution in [2.45, 2.75) is 26.3 Å². The number of amides is 1. The van der Waals surface area contributed by atoms with Gasteiger partial charge in [-0.05, 0) is 75.2 Å². The maximum atomic E-state index is 11.4. The fourth-order valence-electron chi connectivity index (χ4n) is 4.82. The van der Waals surface area contributed by atoms with E-state index in [1.807, 2.05) is 43.3 Å². The number of primary amides is 1. The first kappa shape index (κ1) is 25.1. The molecular weight excluding hydrogens is 488 g/mol. The van der Waals surface area contributed by atoms with Gasteiger partial charge in [0.05, 0.1) is 24.6 Å². The molecule has 37 heavy (non-hydrogen) atoms. The summed E-state index contributed by atoms with van der Waals surface area (Å²) in [5.74, 6) is 3.09. The predicted octanol–water partition coefficient (Wildman–Crippen LogP) is 5.30. The number of hydrogen-bond donors (Lipinski definition) is 2. The molecule has 1 aromatic carbocycles. The Hall–Kier alpha value is -3.56. The Morgan fingerprint density at radius 3 is 2.54 bits per heavy atom. The number of furan rings is 1. The van der Waals surface area contributed by atoms with Crippen molar-refractivity contribution in [1.82, 2.24) is 9.88 Å². The summed E-state index contributed by atoms with van der Waals surface area (Å²) in [7, 11) is 3.27. The minimum Gasteiger partial charge on any atom is -0.493 e. The van der Waals surface area contributed by atoms with Crippen molar-refractivity contribution in [3.8, 4) is 23.0 Å². The lowest BCUT2D eigenvalue weighted by molar-refractivity contribution is 0.100. The summed E-state index contributed by atoms with van der Waals surface area (Å²) in [6.45, 7) is 5.70. The zero-order valence-corrected chi connectivity index (χ0v) is 22.2. The number of hydrogen-bond acceptors (Lipinski definition) is 8. The van der Waals surface area contributed by atoms with Gasteiger partial charge in [0.15, 0.2) is 17.3 Å². The summed E-state index contributed by atoms with van der Waals surface area (Å²) in [6, 6.07) is 13.7. The lowest BCUT2D eigenvalue weighted by atomic mass is 9.96. The van der Waals surface area contributed by atoms with E-state index in [1.165, 1.54) is 16.2 Å². The minimum atomic E-state index is -0.355. The molecule has 1 saturated heterocycles. The molecule has 1 aliphatic heterocycles. The van der Waals surface area contributed by atoms with E-state index in [9.17, 15) is 4.79 Å². The Labute approximate surface area is 220 Å². The molecule has 8 nitrogen and oxygen atoms in total. The second kappa shape index (κ2) is 10.8. The summed E-state index contributed by atoms with van der Waals surface area (Å²) < 4.78 is 16.9. The minimum absolute atomic E-state index is 0.355. The zero-order valence-electron chi connectivity index (χ0n) is 21.4. The van der Waals surface area contributed by atoms with Crippen LogP contribution in [0.3, 0.4) is 0 Å². The molecule has 0 unspecified atom stereocenters. The number of nitrogens with one attached hydrogen (secondary N) is 1. The Morgan fingerprint density at radius 1 is 1.14 bits per heavy atom. The predicted molar refractivity (Wildman–Crippen MR) is 147 cm³/mol. The molecule has 194 valence electrons. The van der Waals surface area contributed by atoms with E-state index in [0.717, 1.165) is 72.8 Å². The van der Waals surface area contributed by atoms with Crippen LogP contribution in [0.1, 0.15) is 33.2 Å². The smallest absolute Gasteiger partial charge is 0.258 e. The van der Waals surface area contributed by atoms with E-state index in [-0.39, 0.29) is 5.91 Å². The van der Waals surface area contributed by atoms with Crippen LogP contribution in [-0.4, -0.2) is 49.6 Å². The van der Waals surface area contributed by atoms with Crippen LogP contribution in [0.25, 0.3) is 22.4 Å². The first-order valence-electron chi connectivity index (χ1n) is 12.4. The number of carbonyl (C=O) groups is 1. The molecule has 0 saturated carbocycles. The van der Waals surface area contributed by atoms with E-state index < -0.39 is 0 Å². The normalized spacial score (nSPS) is 14.7. The summed E-state index contributed by atoms with van der Waals surface area (Å²) in [5.41, 5.74) is 7.98. The van der Waals surface area contributed by atoms with Crippen molar-refractivity contribution >= 4 is 33.8 Å². The van der Waals surface area contributed by atoms with Crippen molar-refractivity contribution in [3.05, 3.63) is 58.0 Å². The van der Waals surface area contributed by atoms with Gasteiger partial charge in [-0.25, -0.2) is 4.98 Å². The number of methoxy groups -OCH3 is 2. The van der Waals surface area contributed by atoms with E-state index in [2.05, 4.69) is 16.3 Å². The second-order valence-electron chi connectivity index (χ2n) is 9.42. The largest absolute Gasteiger partial charge is 0.493 e. The maximum absolute atomic E-state index is 11.4. The number of anilines is 1. The third kappa shape index (κ3) is 5.57. The molecule has 0 bridgehead atoms. The lowest BCUT2D eigenvalue weighted by Crippen LogP contribution is -2.35. The zero-order chi connectivity index (χ0) is 25.9. The first-order valence-corrected chi connectivity index (χ1v) is 13.2. The van der Waals surface area contributed by atoms with Gasteiger partial charge in [-0.2, -0.15) is 0 Å². The second-order valence-corrected chi connectivity index (χ2v) is 10.6. The molecular formula is C28H32N4O4S. The van der Waals surface area contributed by atoms with Gasteiger partial charge in [-0.3, -0.25) is 9.69 Å². The van der Waals surface area contributed by atoms with Crippen LogP contribution in [0.15, 0.2) is 46.9 Å². The van der Waals surface area contributed by atoms with Crippen LogP contribution in [0.2, 0.25) is 0 Å². The van der Waals surface area contributed by atoms with E-state index in [0.29, 0.717) is 22.3 Å². The van der Waals surface area contributed by atoms with Gasteiger partial charge >= 0.3 is 0 Å². The molecule has 0 spiro atoms. The van der Waals surface area contributed by atoms with Crippen molar-refractivity contribution < 1.29 is 18.7 Å². The Morgan fingerprint density at radius 2 is 1.89 bits per heavy atom. The molecule has 5 rings (SSSR count). The number of aromatic nitrogens is 1. The number of piperidine rings is 1. The SMILES string of the molecule is COc1cc2nc(-c3ccc(C)o3)cc(NCC3CCN(Cc4ccc(C(N)=O)s4)CC3)c2cc1OC. The fourth-order valence-corrected chi connectivity index (χ4v) is 5.72. The molecule has 1 fully saturated rings. The highest BCUT2D eigenvalue weighted by Gasteiger charge is 2.21. The van der Waals surface area contributed by atoms with Crippen LogP contribution in [0.5, 0.6) is 11.5 Å². The number of ether oxygens (including phenoxy) is 2. The average Bonchev–Trinajstić information content (AvgIpc) is 3.56. The summed E-state index contributed by atoms with van der Waals surface area (Å²) in [5, 5.41) is 4.67. The number of nitrogens with two attached hydrogens (primary N) is 1. The van der Waals surface area contributed by atoms with Crippen molar-refractivity contribution in [3.63, 3.8) is 0 Å². The lowest BCUT2D eigenvalue weighted by Gasteiger charge is -2.32. The van der Waals surface area contributed by atoms with Crippen LogP contribution >= 0.6 is 11.3 Å². The van der Waals surface area contributed by atoms with Gasteiger partial charge in [-0.15, -0.1) is 11.3 Å². The summed E-state index contributed by atoms with van der Waals surface area (Å²) in [6.07, 6.45) is 2.21. The van der Waals surface area contributed by atoms with Gasteiger partial charge in [-0.1, -0.05) is 0 Å². The quantitative estimate of drug-likeness (QED) is 0.308. The molecule has 0 radical (unpaired) electrons. The topological polar surface area (TPSA) is 103 Å². The maximum Gasteiger partial charge on any atom is 0.258 e. The summed E-state index contributed by atoms with van der Waals surface area (Å²) >= 11 is 1.49. The molecule has 3 N–H and O–H groups in total. The highest BCUT2D eigenvalue weighted by atomic mass is 32.1. The number of thiophene rings is 1.